The smallest absolute Gasteiger partial charge is 0.225 e. The van der Waals surface area contributed by atoms with E-state index in [2.05, 4.69) is 19.2 Å². The second-order valence-corrected chi connectivity index (χ2v) is 5.21. The van der Waals surface area contributed by atoms with Crippen molar-refractivity contribution in [2.24, 2.45) is 11.8 Å². The summed E-state index contributed by atoms with van der Waals surface area (Å²) in [6.45, 7) is 5.61. The fourth-order valence-corrected chi connectivity index (χ4v) is 2.20. The van der Waals surface area contributed by atoms with Gasteiger partial charge in [-0.05, 0) is 25.2 Å². The van der Waals surface area contributed by atoms with Gasteiger partial charge in [0.15, 0.2) is 0 Å². The third-order valence-electron chi connectivity index (χ3n) is 2.82. The van der Waals surface area contributed by atoms with Gasteiger partial charge in [0.2, 0.25) is 5.91 Å². The van der Waals surface area contributed by atoms with Crippen LogP contribution in [0.15, 0.2) is 0 Å². The molecule has 0 bridgehead atoms. The molecule has 0 spiro atoms. The zero-order valence-corrected chi connectivity index (χ0v) is 10.9. The van der Waals surface area contributed by atoms with Gasteiger partial charge in [-0.15, -0.1) is 11.6 Å². The molecule has 1 aliphatic heterocycles. The van der Waals surface area contributed by atoms with Crippen molar-refractivity contribution in [1.82, 2.24) is 5.32 Å². The van der Waals surface area contributed by atoms with E-state index in [-0.39, 0.29) is 17.9 Å². The SMILES string of the molecule is CC(C)CC(CCl)NC(=O)C1CCCOC1. The van der Waals surface area contributed by atoms with E-state index in [1.165, 1.54) is 0 Å². The van der Waals surface area contributed by atoms with E-state index in [1.807, 2.05) is 0 Å². The van der Waals surface area contributed by atoms with Crippen LogP contribution in [0.4, 0.5) is 0 Å². The molecule has 94 valence electrons. The minimum atomic E-state index is 0.0200. The molecule has 0 aromatic carbocycles. The third-order valence-corrected chi connectivity index (χ3v) is 3.19. The van der Waals surface area contributed by atoms with Gasteiger partial charge in [-0.2, -0.15) is 0 Å². The highest BCUT2D eigenvalue weighted by Gasteiger charge is 2.23. The number of carbonyl (C=O) groups excluding carboxylic acids is 1. The van der Waals surface area contributed by atoms with Gasteiger partial charge < -0.3 is 10.1 Å². The lowest BCUT2D eigenvalue weighted by Crippen LogP contribution is -2.43. The Balaban J connectivity index is 2.35. The van der Waals surface area contributed by atoms with E-state index in [0.29, 0.717) is 18.4 Å². The number of carbonyl (C=O) groups is 1. The highest BCUT2D eigenvalue weighted by atomic mass is 35.5. The number of alkyl halides is 1. The zero-order valence-electron chi connectivity index (χ0n) is 10.2. The molecule has 2 atom stereocenters. The average Bonchev–Trinajstić information content (AvgIpc) is 2.28. The number of hydrogen-bond donors (Lipinski definition) is 1. The van der Waals surface area contributed by atoms with Crippen LogP contribution in [-0.4, -0.2) is 31.0 Å². The molecule has 0 aromatic rings. The maximum absolute atomic E-state index is 11.9. The molecule has 4 heteroatoms. The zero-order chi connectivity index (χ0) is 12.0. The Morgan fingerprint density at radius 1 is 1.56 bits per heavy atom. The van der Waals surface area contributed by atoms with Crippen LogP contribution in [0, 0.1) is 11.8 Å². The van der Waals surface area contributed by atoms with Crippen LogP contribution in [0.3, 0.4) is 0 Å². The van der Waals surface area contributed by atoms with Crippen molar-refractivity contribution < 1.29 is 9.53 Å². The van der Waals surface area contributed by atoms with Gasteiger partial charge in [0, 0.05) is 18.5 Å². The van der Waals surface area contributed by atoms with E-state index < -0.39 is 0 Å². The Kier molecular flexibility index (Phi) is 6.14. The first-order chi connectivity index (χ1) is 7.63. The Bertz CT molecular complexity index is 215. The maximum Gasteiger partial charge on any atom is 0.225 e. The largest absolute Gasteiger partial charge is 0.381 e. The first-order valence-corrected chi connectivity index (χ1v) is 6.61. The molecule has 1 heterocycles. The lowest BCUT2D eigenvalue weighted by molar-refractivity contribution is -0.129. The van der Waals surface area contributed by atoms with E-state index in [0.717, 1.165) is 25.9 Å². The topological polar surface area (TPSA) is 38.3 Å². The van der Waals surface area contributed by atoms with Gasteiger partial charge in [-0.1, -0.05) is 13.8 Å². The highest BCUT2D eigenvalue weighted by molar-refractivity contribution is 6.18. The van der Waals surface area contributed by atoms with Crippen molar-refractivity contribution in [2.45, 2.75) is 39.2 Å². The van der Waals surface area contributed by atoms with Crippen LogP contribution in [0.5, 0.6) is 0 Å². The van der Waals surface area contributed by atoms with Crippen LogP contribution in [0.2, 0.25) is 0 Å². The van der Waals surface area contributed by atoms with Gasteiger partial charge in [0.25, 0.3) is 0 Å². The Morgan fingerprint density at radius 3 is 2.81 bits per heavy atom. The number of nitrogens with one attached hydrogen (secondary N) is 1. The first kappa shape index (κ1) is 13.8. The standard InChI is InChI=1S/C12H22ClNO2/c1-9(2)6-11(7-13)14-12(15)10-4-3-5-16-8-10/h9-11H,3-8H2,1-2H3,(H,14,15). The van der Waals surface area contributed by atoms with E-state index in [1.54, 1.807) is 0 Å². The lowest BCUT2D eigenvalue weighted by atomic mass is 9.99. The molecule has 2 unspecified atom stereocenters. The van der Waals surface area contributed by atoms with Crippen LogP contribution in [0.25, 0.3) is 0 Å². The summed E-state index contributed by atoms with van der Waals surface area (Å²) >= 11 is 5.85. The number of hydrogen-bond acceptors (Lipinski definition) is 2. The lowest BCUT2D eigenvalue weighted by Gasteiger charge is -2.25. The highest BCUT2D eigenvalue weighted by Crippen LogP contribution is 2.15. The number of amides is 1. The second kappa shape index (κ2) is 7.13. The summed E-state index contributed by atoms with van der Waals surface area (Å²) in [6.07, 6.45) is 2.85. The second-order valence-electron chi connectivity index (χ2n) is 4.90. The minimum absolute atomic E-state index is 0.0200. The quantitative estimate of drug-likeness (QED) is 0.757. The van der Waals surface area contributed by atoms with Crippen LogP contribution < -0.4 is 5.32 Å². The van der Waals surface area contributed by atoms with Gasteiger partial charge >= 0.3 is 0 Å². The molecule has 1 amide bonds. The Labute approximate surface area is 103 Å². The van der Waals surface area contributed by atoms with Crippen molar-refractivity contribution >= 4 is 17.5 Å². The van der Waals surface area contributed by atoms with E-state index in [4.69, 9.17) is 16.3 Å². The van der Waals surface area contributed by atoms with Gasteiger partial charge in [0.1, 0.15) is 0 Å². The molecular formula is C12H22ClNO2. The summed E-state index contributed by atoms with van der Waals surface area (Å²) in [6, 6.07) is 0.0936. The summed E-state index contributed by atoms with van der Waals surface area (Å²) in [4.78, 5) is 11.9. The average molecular weight is 248 g/mol. The van der Waals surface area contributed by atoms with Crippen molar-refractivity contribution in [3.8, 4) is 0 Å². The summed E-state index contributed by atoms with van der Waals surface area (Å²) in [7, 11) is 0. The molecule has 16 heavy (non-hydrogen) atoms. The molecule has 1 rings (SSSR count). The predicted molar refractivity (Wildman–Crippen MR) is 65.6 cm³/mol. The number of halogens is 1. The van der Waals surface area contributed by atoms with Crippen molar-refractivity contribution in [3.63, 3.8) is 0 Å². The van der Waals surface area contributed by atoms with Crippen molar-refractivity contribution in [1.29, 1.82) is 0 Å². The Hall–Kier alpha value is -0.280. The molecule has 0 aromatic heterocycles. The predicted octanol–water partition coefficient (Wildman–Crippen LogP) is 2.18. The molecule has 1 aliphatic rings. The van der Waals surface area contributed by atoms with Gasteiger partial charge in [0.05, 0.1) is 12.5 Å². The van der Waals surface area contributed by atoms with E-state index >= 15 is 0 Å². The molecule has 0 aliphatic carbocycles. The first-order valence-electron chi connectivity index (χ1n) is 6.07. The van der Waals surface area contributed by atoms with Crippen LogP contribution in [-0.2, 0) is 9.53 Å². The van der Waals surface area contributed by atoms with E-state index in [9.17, 15) is 4.79 Å². The van der Waals surface area contributed by atoms with Crippen LogP contribution in [0.1, 0.15) is 33.1 Å². The molecule has 1 fully saturated rings. The molecule has 3 nitrogen and oxygen atoms in total. The molecule has 1 saturated heterocycles. The monoisotopic (exact) mass is 247 g/mol. The van der Waals surface area contributed by atoms with Gasteiger partial charge in [-0.3, -0.25) is 4.79 Å². The summed E-state index contributed by atoms with van der Waals surface area (Å²) in [5.41, 5.74) is 0. The van der Waals surface area contributed by atoms with Crippen molar-refractivity contribution in [2.75, 3.05) is 19.1 Å². The summed E-state index contributed by atoms with van der Waals surface area (Å²) in [5, 5.41) is 3.02. The van der Waals surface area contributed by atoms with Crippen molar-refractivity contribution in [3.05, 3.63) is 0 Å². The molecule has 0 radical (unpaired) electrons. The fraction of sp³-hybridized carbons (Fsp3) is 0.917. The molecule has 0 saturated carbocycles. The van der Waals surface area contributed by atoms with Gasteiger partial charge in [-0.25, -0.2) is 0 Å². The normalized spacial score (nSPS) is 23.1. The fourth-order valence-electron chi connectivity index (χ4n) is 2.00. The molecular weight excluding hydrogens is 226 g/mol. The minimum Gasteiger partial charge on any atom is -0.381 e. The third kappa shape index (κ3) is 4.71. The molecule has 1 N–H and O–H groups in total. The number of rotatable bonds is 5. The summed E-state index contributed by atoms with van der Waals surface area (Å²) < 4.78 is 5.31. The summed E-state index contributed by atoms with van der Waals surface area (Å²) in [5.74, 6) is 1.15. The Morgan fingerprint density at radius 2 is 2.31 bits per heavy atom. The van der Waals surface area contributed by atoms with Crippen LogP contribution >= 0.6 is 11.6 Å². The number of ether oxygens (including phenoxy) is 1. The maximum atomic E-state index is 11.9.